The van der Waals surface area contributed by atoms with Crippen molar-refractivity contribution in [2.75, 3.05) is 5.73 Å². The van der Waals surface area contributed by atoms with Crippen molar-refractivity contribution < 1.29 is 9.90 Å². The van der Waals surface area contributed by atoms with E-state index in [1.54, 1.807) is 13.1 Å². The number of carboxylic acid groups (broad SMARTS) is 1. The van der Waals surface area contributed by atoms with Crippen LogP contribution in [-0.4, -0.2) is 25.7 Å². The van der Waals surface area contributed by atoms with E-state index in [0.717, 1.165) is 5.69 Å². The number of anilines is 1. The number of rotatable bonds is 1. The third kappa shape index (κ3) is 0.952. The molecule has 2 rings (SSSR count). The quantitative estimate of drug-likeness (QED) is 0.586. The maximum Gasteiger partial charge on any atom is 0.356 e. The molecule has 68 valence electrons. The van der Waals surface area contributed by atoms with Crippen molar-refractivity contribution in [2.24, 2.45) is 0 Å². The van der Waals surface area contributed by atoms with Crippen molar-refractivity contribution in [3.05, 3.63) is 17.6 Å². The second kappa shape index (κ2) is 2.25. The molecule has 2 heterocycles. The number of nitrogen functional groups attached to an aromatic ring is 1. The summed E-state index contributed by atoms with van der Waals surface area (Å²) in [4.78, 5) is 14.7. The molecule has 0 aliphatic rings. The molecular weight excluding hydrogens is 172 g/mol. The highest BCUT2D eigenvalue weighted by molar-refractivity contribution is 5.95. The van der Waals surface area contributed by atoms with Crippen LogP contribution in [0, 0.1) is 6.92 Å². The summed E-state index contributed by atoms with van der Waals surface area (Å²) in [7, 11) is 0. The van der Waals surface area contributed by atoms with E-state index in [-0.39, 0.29) is 11.4 Å². The summed E-state index contributed by atoms with van der Waals surface area (Å²) < 4.78 is 1.49. The van der Waals surface area contributed by atoms with Crippen molar-refractivity contribution in [3.63, 3.8) is 0 Å². The van der Waals surface area contributed by atoms with Crippen LogP contribution in [0.5, 0.6) is 0 Å². The van der Waals surface area contributed by atoms with Crippen molar-refractivity contribution in [1.29, 1.82) is 0 Å². The van der Waals surface area contributed by atoms with E-state index in [1.807, 2.05) is 0 Å². The number of nitrogens with one attached hydrogen (secondary N) is 1. The SMILES string of the molecule is Cc1cn2[nH]c(C(=O)O)c(N)c2n1. The number of hydrogen-bond acceptors (Lipinski definition) is 3. The molecule has 2 aromatic heterocycles. The number of aromatic nitrogens is 3. The zero-order valence-corrected chi connectivity index (χ0v) is 6.90. The Bertz CT molecular complexity index is 482. The second-order valence-corrected chi connectivity index (χ2v) is 2.78. The van der Waals surface area contributed by atoms with Gasteiger partial charge in [-0.1, -0.05) is 0 Å². The lowest BCUT2D eigenvalue weighted by atomic mass is 10.4. The summed E-state index contributed by atoms with van der Waals surface area (Å²) in [5, 5.41) is 11.3. The summed E-state index contributed by atoms with van der Waals surface area (Å²) in [5.74, 6) is -1.08. The molecule has 0 saturated heterocycles. The van der Waals surface area contributed by atoms with E-state index in [0.29, 0.717) is 5.65 Å². The lowest BCUT2D eigenvalue weighted by molar-refractivity contribution is 0.0691. The molecule has 2 aromatic rings. The van der Waals surface area contributed by atoms with Gasteiger partial charge in [0.05, 0.1) is 11.9 Å². The van der Waals surface area contributed by atoms with E-state index < -0.39 is 5.97 Å². The van der Waals surface area contributed by atoms with Crippen LogP contribution in [0.15, 0.2) is 6.20 Å². The van der Waals surface area contributed by atoms with Gasteiger partial charge < -0.3 is 10.8 Å². The number of H-pyrrole nitrogens is 1. The largest absolute Gasteiger partial charge is 0.476 e. The van der Waals surface area contributed by atoms with Gasteiger partial charge in [0.15, 0.2) is 11.3 Å². The number of nitrogens with zero attached hydrogens (tertiary/aromatic N) is 2. The third-order valence-electron chi connectivity index (χ3n) is 1.78. The molecule has 0 spiro atoms. The zero-order valence-electron chi connectivity index (χ0n) is 6.90. The number of hydrogen-bond donors (Lipinski definition) is 3. The fraction of sp³-hybridized carbons (Fsp3) is 0.143. The van der Waals surface area contributed by atoms with Crippen molar-refractivity contribution in [3.8, 4) is 0 Å². The summed E-state index contributed by atoms with van der Waals surface area (Å²) in [6, 6.07) is 0. The van der Waals surface area contributed by atoms with Gasteiger partial charge in [-0.05, 0) is 6.92 Å². The van der Waals surface area contributed by atoms with E-state index in [1.165, 1.54) is 4.52 Å². The van der Waals surface area contributed by atoms with Gasteiger partial charge in [-0.15, -0.1) is 0 Å². The van der Waals surface area contributed by atoms with E-state index in [2.05, 4.69) is 10.1 Å². The number of carboxylic acids is 1. The topological polar surface area (TPSA) is 96.4 Å². The molecule has 0 fully saturated rings. The van der Waals surface area contributed by atoms with Crippen LogP contribution in [0.4, 0.5) is 5.69 Å². The molecule has 0 aliphatic carbocycles. The maximum absolute atomic E-state index is 10.6. The minimum absolute atomic E-state index is 0.0255. The van der Waals surface area contributed by atoms with Gasteiger partial charge in [0.1, 0.15) is 5.69 Å². The van der Waals surface area contributed by atoms with Gasteiger partial charge in [-0.2, -0.15) is 0 Å². The van der Waals surface area contributed by atoms with E-state index in [4.69, 9.17) is 10.8 Å². The second-order valence-electron chi connectivity index (χ2n) is 2.78. The van der Waals surface area contributed by atoms with E-state index >= 15 is 0 Å². The molecule has 0 unspecified atom stereocenters. The van der Waals surface area contributed by atoms with Gasteiger partial charge >= 0.3 is 5.97 Å². The number of aromatic carboxylic acids is 1. The lowest BCUT2D eigenvalue weighted by Crippen LogP contribution is -2.01. The number of carbonyl (C=O) groups is 1. The smallest absolute Gasteiger partial charge is 0.356 e. The van der Waals surface area contributed by atoms with Crippen LogP contribution < -0.4 is 5.73 Å². The fourth-order valence-corrected chi connectivity index (χ4v) is 1.23. The molecule has 0 radical (unpaired) electrons. The molecule has 0 aromatic carbocycles. The molecule has 0 saturated carbocycles. The first-order chi connectivity index (χ1) is 6.09. The molecular formula is C7H8N4O2. The Morgan fingerprint density at radius 2 is 2.46 bits per heavy atom. The van der Waals surface area contributed by atoms with Crippen LogP contribution in [0.1, 0.15) is 16.2 Å². The Morgan fingerprint density at radius 3 is 3.00 bits per heavy atom. The Labute approximate surface area is 73.0 Å². The first kappa shape index (κ1) is 7.66. The normalized spacial score (nSPS) is 10.8. The summed E-state index contributed by atoms with van der Waals surface area (Å²) in [6.07, 6.45) is 1.68. The van der Waals surface area contributed by atoms with Gasteiger partial charge in [0.25, 0.3) is 0 Å². The average Bonchev–Trinajstić information content (AvgIpc) is 2.51. The molecule has 0 amide bonds. The number of imidazole rings is 1. The van der Waals surface area contributed by atoms with Crippen LogP contribution in [-0.2, 0) is 0 Å². The van der Waals surface area contributed by atoms with Gasteiger partial charge in [0.2, 0.25) is 0 Å². The standard InChI is InChI=1S/C7H8N4O2/c1-3-2-11-6(9-3)4(8)5(10-11)7(12)13/h2,10H,8H2,1H3,(H,12,13). The number of aromatic amines is 1. The van der Waals surface area contributed by atoms with Gasteiger partial charge in [0, 0.05) is 0 Å². The monoisotopic (exact) mass is 180 g/mol. The number of nitrogens with two attached hydrogens (primary N) is 1. The van der Waals surface area contributed by atoms with Crippen molar-refractivity contribution in [2.45, 2.75) is 6.92 Å². The molecule has 4 N–H and O–H groups in total. The lowest BCUT2D eigenvalue weighted by Gasteiger charge is -1.88. The van der Waals surface area contributed by atoms with E-state index in [9.17, 15) is 4.79 Å². The summed E-state index contributed by atoms with van der Waals surface area (Å²) in [6.45, 7) is 1.81. The maximum atomic E-state index is 10.6. The Morgan fingerprint density at radius 1 is 1.77 bits per heavy atom. The molecule has 0 atom stereocenters. The van der Waals surface area contributed by atoms with Crippen LogP contribution in [0.2, 0.25) is 0 Å². The Balaban J connectivity index is 2.76. The highest BCUT2D eigenvalue weighted by Gasteiger charge is 2.15. The Hall–Kier alpha value is -1.98. The first-order valence-electron chi connectivity index (χ1n) is 3.66. The third-order valence-corrected chi connectivity index (χ3v) is 1.78. The first-order valence-corrected chi connectivity index (χ1v) is 3.66. The molecule has 6 heteroatoms. The molecule has 13 heavy (non-hydrogen) atoms. The fourth-order valence-electron chi connectivity index (χ4n) is 1.23. The highest BCUT2D eigenvalue weighted by Crippen LogP contribution is 2.17. The minimum atomic E-state index is -1.08. The van der Waals surface area contributed by atoms with Crippen LogP contribution in [0.3, 0.4) is 0 Å². The predicted molar refractivity (Wildman–Crippen MR) is 45.7 cm³/mol. The minimum Gasteiger partial charge on any atom is -0.476 e. The van der Waals surface area contributed by atoms with Crippen LogP contribution in [0.25, 0.3) is 5.65 Å². The highest BCUT2D eigenvalue weighted by atomic mass is 16.4. The molecule has 0 bridgehead atoms. The predicted octanol–water partition coefficient (Wildman–Crippen LogP) is 0.251. The van der Waals surface area contributed by atoms with Gasteiger partial charge in [-0.25, -0.2) is 14.3 Å². The number of fused-ring (bicyclic) bond motifs is 1. The van der Waals surface area contributed by atoms with Crippen molar-refractivity contribution >= 4 is 17.3 Å². The Kier molecular flexibility index (Phi) is 1.33. The molecule has 0 aliphatic heterocycles. The zero-order chi connectivity index (χ0) is 9.59. The number of aryl methyl sites for hydroxylation is 1. The summed E-state index contributed by atoms with van der Waals surface area (Å²) in [5.41, 5.74) is 6.94. The van der Waals surface area contributed by atoms with Gasteiger partial charge in [-0.3, -0.25) is 5.10 Å². The molecule has 6 nitrogen and oxygen atoms in total. The van der Waals surface area contributed by atoms with Crippen molar-refractivity contribution in [1.82, 2.24) is 14.6 Å². The average molecular weight is 180 g/mol. The van der Waals surface area contributed by atoms with Crippen LogP contribution >= 0.6 is 0 Å². The summed E-state index contributed by atoms with van der Waals surface area (Å²) >= 11 is 0.